The second-order valence-electron chi connectivity index (χ2n) is 5.31. The fraction of sp³-hybridized carbons (Fsp3) is 0.529. The number of benzene rings is 1. The predicted molar refractivity (Wildman–Crippen MR) is 85.6 cm³/mol. The molecule has 0 heterocycles. The van der Waals surface area contributed by atoms with Crippen LogP contribution in [0.1, 0.15) is 19.4 Å². The Kier molecular flexibility index (Phi) is 8.05. The Morgan fingerprint density at radius 3 is 2.81 bits per heavy atom. The van der Waals surface area contributed by atoms with Crippen molar-refractivity contribution in [3.63, 3.8) is 0 Å². The molecule has 0 bridgehead atoms. The lowest BCUT2D eigenvalue weighted by Crippen LogP contribution is -2.35. The molecule has 0 saturated heterocycles. The summed E-state index contributed by atoms with van der Waals surface area (Å²) >= 11 is 0. The second-order valence-corrected chi connectivity index (χ2v) is 5.31. The molecular formula is C17H27NO3. The number of hydrogen-bond donors (Lipinski definition) is 1. The number of rotatable bonds is 10. The molecule has 0 radical (unpaired) electrons. The third kappa shape index (κ3) is 7.27. The maximum Gasteiger partial charge on any atom is 0.119 e. The summed E-state index contributed by atoms with van der Waals surface area (Å²) in [5, 5.41) is 10.0. The molecule has 21 heavy (non-hydrogen) atoms. The molecule has 1 N–H and O–H groups in total. The zero-order chi connectivity index (χ0) is 15.7. The Labute approximate surface area is 128 Å². The molecule has 0 amide bonds. The molecule has 0 aliphatic rings. The van der Waals surface area contributed by atoms with Crippen LogP contribution in [0.15, 0.2) is 36.4 Å². The third-order valence-corrected chi connectivity index (χ3v) is 3.12. The van der Waals surface area contributed by atoms with E-state index in [-0.39, 0.29) is 0 Å². The van der Waals surface area contributed by atoms with E-state index in [1.165, 1.54) is 0 Å². The Morgan fingerprint density at radius 1 is 1.43 bits per heavy atom. The normalized spacial score (nSPS) is 12.4. The molecule has 118 valence electrons. The van der Waals surface area contributed by atoms with Gasteiger partial charge in [0.1, 0.15) is 5.75 Å². The van der Waals surface area contributed by atoms with Crippen LogP contribution in [-0.2, 0) is 11.3 Å². The number of likely N-dealkylation sites (N-methyl/N-ethyl adjacent to an activating group) is 1. The van der Waals surface area contributed by atoms with Crippen molar-refractivity contribution in [2.24, 2.45) is 0 Å². The number of nitrogens with zero attached hydrogens (tertiary/aromatic N) is 1. The van der Waals surface area contributed by atoms with E-state index in [4.69, 9.17) is 9.47 Å². The van der Waals surface area contributed by atoms with E-state index >= 15 is 0 Å². The molecule has 1 aromatic carbocycles. The molecule has 4 nitrogen and oxygen atoms in total. The molecule has 0 aromatic heterocycles. The molecule has 1 unspecified atom stereocenters. The fourth-order valence-electron chi connectivity index (χ4n) is 2.11. The quantitative estimate of drug-likeness (QED) is 0.673. The van der Waals surface area contributed by atoms with E-state index in [1.807, 2.05) is 31.2 Å². The third-order valence-electron chi connectivity index (χ3n) is 3.12. The largest absolute Gasteiger partial charge is 0.497 e. The van der Waals surface area contributed by atoms with Gasteiger partial charge in [-0.15, -0.1) is 0 Å². The van der Waals surface area contributed by atoms with Crippen LogP contribution in [0.4, 0.5) is 0 Å². The van der Waals surface area contributed by atoms with Crippen LogP contribution in [-0.4, -0.2) is 49.5 Å². The standard InChI is InChI=1S/C17H27NO3/c1-5-18(10-14(2)3)11-16(19)13-21-12-15-7-6-8-17(9-15)20-4/h6-9,16,19H,2,5,10-13H2,1,3-4H3. The van der Waals surface area contributed by atoms with E-state index in [1.54, 1.807) is 7.11 Å². The van der Waals surface area contributed by atoms with Gasteiger partial charge >= 0.3 is 0 Å². The van der Waals surface area contributed by atoms with Crippen molar-refractivity contribution >= 4 is 0 Å². The van der Waals surface area contributed by atoms with Crippen LogP contribution in [0, 0.1) is 0 Å². The van der Waals surface area contributed by atoms with Crippen LogP contribution in [0.2, 0.25) is 0 Å². The summed E-state index contributed by atoms with van der Waals surface area (Å²) < 4.78 is 10.7. The first-order chi connectivity index (χ1) is 10.0. The molecule has 1 aromatic rings. The number of ether oxygens (including phenoxy) is 2. The SMILES string of the molecule is C=C(C)CN(CC)CC(O)COCc1cccc(OC)c1. The van der Waals surface area contributed by atoms with Crippen molar-refractivity contribution in [3.8, 4) is 5.75 Å². The van der Waals surface area contributed by atoms with Crippen LogP contribution >= 0.6 is 0 Å². The molecule has 0 aliphatic heterocycles. The van der Waals surface area contributed by atoms with Gasteiger partial charge in [0.15, 0.2) is 0 Å². The lowest BCUT2D eigenvalue weighted by atomic mass is 10.2. The zero-order valence-electron chi connectivity index (χ0n) is 13.3. The molecular weight excluding hydrogens is 266 g/mol. The minimum absolute atomic E-state index is 0.323. The van der Waals surface area contributed by atoms with Crippen molar-refractivity contribution in [3.05, 3.63) is 42.0 Å². The van der Waals surface area contributed by atoms with Gasteiger partial charge in [-0.1, -0.05) is 31.2 Å². The summed E-state index contributed by atoms with van der Waals surface area (Å²) in [4.78, 5) is 2.15. The number of methoxy groups -OCH3 is 1. The van der Waals surface area contributed by atoms with Crippen molar-refractivity contribution in [2.45, 2.75) is 26.6 Å². The summed E-state index contributed by atoms with van der Waals surface area (Å²) in [5.41, 5.74) is 2.14. The van der Waals surface area contributed by atoms with E-state index in [0.717, 1.165) is 30.0 Å². The van der Waals surface area contributed by atoms with Gasteiger partial charge in [0.25, 0.3) is 0 Å². The van der Waals surface area contributed by atoms with E-state index in [2.05, 4.69) is 18.4 Å². The van der Waals surface area contributed by atoms with E-state index in [0.29, 0.717) is 19.8 Å². The van der Waals surface area contributed by atoms with Gasteiger partial charge < -0.3 is 14.6 Å². The van der Waals surface area contributed by atoms with Crippen molar-refractivity contribution in [1.82, 2.24) is 4.90 Å². The topological polar surface area (TPSA) is 41.9 Å². The number of aliphatic hydroxyl groups excluding tert-OH is 1. The van der Waals surface area contributed by atoms with Crippen LogP contribution < -0.4 is 4.74 Å². The maximum atomic E-state index is 10.0. The van der Waals surface area contributed by atoms with Crippen molar-refractivity contribution in [1.29, 1.82) is 0 Å². The average Bonchev–Trinajstić information content (AvgIpc) is 2.46. The highest BCUT2D eigenvalue weighted by Gasteiger charge is 2.10. The zero-order valence-corrected chi connectivity index (χ0v) is 13.3. The minimum atomic E-state index is -0.491. The number of hydrogen-bond acceptors (Lipinski definition) is 4. The minimum Gasteiger partial charge on any atom is -0.497 e. The van der Waals surface area contributed by atoms with Gasteiger partial charge in [-0.2, -0.15) is 0 Å². The lowest BCUT2D eigenvalue weighted by molar-refractivity contribution is 0.0120. The maximum absolute atomic E-state index is 10.0. The van der Waals surface area contributed by atoms with Crippen LogP contribution in [0.3, 0.4) is 0 Å². The van der Waals surface area contributed by atoms with Crippen molar-refractivity contribution in [2.75, 3.05) is 33.4 Å². The molecule has 0 fully saturated rings. The van der Waals surface area contributed by atoms with E-state index < -0.39 is 6.10 Å². The summed E-state index contributed by atoms with van der Waals surface area (Å²) in [6.45, 7) is 11.1. The molecule has 4 heteroatoms. The summed E-state index contributed by atoms with van der Waals surface area (Å²) in [6.07, 6.45) is -0.491. The molecule has 0 aliphatic carbocycles. The first kappa shape index (κ1) is 17.7. The summed E-state index contributed by atoms with van der Waals surface area (Å²) in [6, 6.07) is 7.74. The number of aliphatic hydroxyl groups is 1. The van der Waals surface area contributed by atoms with Gasteiger partial charge in [-0.3, -0.25) is 4.90 Å². The monoisotopic (exact) mass is 293 g/mol. The fourth-order valence-corrected chi connectivity index (χ4v) is 2.11. The lowest BCUT2D eigenvalue weighted by Gasteiger charge is -2.23. The smallest absolute Gasteiger partial charge is 0.119 e. The van der Waals surface area contributed by atoms with Gasteiger partial charge in [-0.25, -0.2) is 0 Å². The van der Waals surface area contributed by atoms with Gasteiger partial charge in [0.05, 0.1) is 26.4 Å². The predicted octanol–water partition coefficient (Wildman–Crippen LogP) is 2.47. The van der Waals surface area contributed by atoms with E-state index in [9.17, 15) is 5.11 Å². The first-order valence-corrected chi connectivity index (χ1v) is 7.30. The highest BCUT2D eigenvalue weighted by molar-refractivity contribution is 5.27. The van der Waals surface area contributed by atoms with Gasteiger partial charge in [-0.05, 0) is 31.2 Å². The summed E-state index contributed by atoms with van der Waals surface area (Å²) in [5.74, 6) is 0.815. The molecule has 0 spiro atoms. The molecule has 0 saturated carbocycles. The molecule has 1 atom stereocenters. The Hall–Kier alpha value is -1.36. The Morgan fingerprint density at radius 2 is 2.19 bits per heavy atom. The molecule has 1 rings (SSSR count). The van der Waals surface area contributed by atoms with Crippen LogP contribution in [0.5, 0.6) is 5.75 Å². The van der Waals surface area contributed by atoms with Crippen molar-refractivity contribution < 1.29 is 14.6 Å². The van der Waals surface area contributed by atoms with Gasteiger partial charge in [0.2, 0.25) is 0 Å². The Bertz CT molecular complexity index is 434. The highest BCUT2D eigenvalue weighted by atomic mass is 16.5. The Balaban J connectivity index is 2.32. The summed E-state index contributed by atoms with van der Waals surface area (Å²) in [7, 11) is 1.64. The second kappa shape index (κ2) is 9.55. The average molecular weight is 293 g/mol. The van der Waals surface area contributed by atoms with Crippen LogP contribution in [0.25, 0.3) is 0 Å². The van der Waals surface area contributed by atoms with Gasteiger partial charge in [0, 0.05) is 13.1 Å². The first-order valence-electron chi connectivity index (χ1n) is 7.30. The highest BCUT2D eigenvalue weighted by Crippen LogP contribution is 2.13.